The van der Waals surface area contributed by atoms with Crippen molar-refractivity contribution < 1.29 is 22.4 Å². The molecule has 128 valence electrons. The second kappa shape index (κ2) is 7.29. The molecule has 1 heterocycles. The fourth-order valence-electron chi connectivity index (χ4n) is 2.83. The van der Waals surface area contributed by atoms with E-state index in [9.17, 15) is 22.4 Å². The van der Waals surface area contributed by atoms with E-state index < -0.39 is 23.5 Å². The third-order valence-corrected chi connectivity index (χ3v) is 4.22. The summed E-state index contributed by atoms with van der Waals surface area (Å²) in [5.74, 6) is -1.31. The highest BCUT2D eigenvalue weighted by molar-refractivity contribution is 5.94. The predicted octanol–water partition coefficient (Wildman–Crippen LogP) is 3.31. The number of carbonyl (C=O) groups is 1. The van der Waals surface area contributed by atoms with Gasteiger partial charge >= 0.3 is 6.18 Å². The Hall–Kier alpha value is -1.63. The van der Waals surface area contributed by atoms with E-state index in [-0.39, 0.29) is 5.56 Å². The van der Waals surface area contributed by atoms with E-state index in [2.05, 4.69) is 5.32 Å². The van der Waals surface area contributed by atoms with Gasteiger partial charge in [0.25, 0.3) is 5.91 Å². The number of nitrogens with zero attached hydrogens (tertiary/aromatic N) is 1. The van der Waals surface area contributed by atoms with Crippen LogP contribution in [0.15, 0.2) is 18.2 Å². The lowest BCUT2D eigenvalue weighted by Gasteiger charge is -2.32. The molecule has 23 heavy (non-hydrogen) atoms. The van der Waals surface area contributed by atoms with Crippen LogP contribution in [0, 0.1) is 11.7 Å². The topological polar surface area (TPSA) is 32.3 Å². The monoisotopic (exact) mass is 332 g/mol. The second-order valence-electron chi connectivity index (χ2n) is 5.82. The van der Waals surface area contributed by atoms with Crippen LogP contribution in [0.25, 0.3) is 0 Å². The summed E-state index contributed by atoms with van der Waals surface area (Å²) in [4.78, 5) is 13.9. The van der Waals surface area contributed by atoms with Gasteiger partial charge in [0.15, 0.2) is 0 Å². The minimum Gasteiger partial charge on any atom is -0.339 e. The molecule has 1 N–H and O–H groups in total. The fraction of sp³-hybridized carbons (Fsp3) is 0.562. The summed E-state index contributed by atoms with van der Waals surface area (Å²) in [6.07, 6.45) is -2.12. The van der Waals surface area contributed by atoms with Crippen molar-refractivity contribution in [3.63, 3.8) is 0 Å². The highest BCUT2D eigenvalue weighted by atomic mass is 19.4. The van der Waals surface area contributed by atoms with Crippen LogP contribution in [-0.2, 0) is 6.18 Å². The Morgan fingerprint density at radius 1 is 1.30 bits per heavy atom. The van der Waals surface area contributed by atoms with E-state index in [1.807, 2.05) is 7.05 Å². The molecule has 1 aromatic rings. The van der Waals surface area contributed by atoms with Crippen molar-refractivity contribution in [2.45, 2.75) is 25.4 Å². The zero-order valence-corrected chi connectivity index (χ0v) is 12.9. The lowest BCUT2D eigenvalue weighted by atomic mass is 9.93. The SMILES string of the molecule is CNCCC1CCN(C(=O)c2ccc(F)c(C(F)(F)F)c2)CC1. The maximum Gasteiger partial charge on any atom is 0.419 e. The van der Waals surface area contributed by atoms with Gasteiger partial charge in [0, 0.05) is 18.7 Å². The summed E-state index contributed by atoms with van der Waals surface area (Å²) in [6, 6.07) is 2.42. The first-order chi connectivity index (χ1) is 10.8. The smallest absolute Gasteiger partial charge is 0.339 e. The summed E-state index contributed by atoms with van der Waals surface area (Å²) in [5.41, 5.74) is -1.51. The number of hydrogen-bond donors (Lipinski definition) is 1. The molecule has 1 aliphatic heterocycles. The first-order valence-corrected chi connectivity index (χ1v) is 7.63. The van der Waals surface area contributed by atoms with Gasteiger partial charge in [-0.25, -0.2) is 4.39 Å². The van der Waals surface area contributed by atoms with Gasteiger partial charge in [-0.15, -0.1) is 0 Å². The van der Waals surface area contributed by atoms with Gasteiger partial charge in [-0.3, -0.25) is 4.79 Å². The number of nitrogens with one attached hydrogen (secondary N) is 1. The Balaban J connectivity index is 2.04. The van der Waals surface area contributed by atoms with Crippen molar-refractivity contribution in [1.29, 1.82) is 0 Å². The molecule has 0 spiro atoms. The molecule has 3 nitrogen and oxygen atoms in total. The number of rotatable bonds is 4. The molecular formula is C16H20F4N2O. The van der Waals surface area contributed by atoms with E-state index in [0.717, 1.165) is 31.9 Å². The highest BCUT2D eigenvalue weighted by Gasteiger charge is 2.35. The Kier molecular flexibility index (Phi) is 5.62. The average Bonchev–Trinajstić information content (AvgIpc) is 2.52. The molecule has 0 atom stereocenters. The zero-order chi connectivity index (χ0) is 17.0. The van der Waals surface area contributed by atoms with Crippen LogP contribution in [-0.4, -0.2) is 37.5 Å². The van der Waals surface area contributed by atoms with Crippen LogP contribution in [0.5, 0.6) is 0 Å². The molecule has 1 fully saturated rings. The molecule has 0 saturated carbocycles. The fourth-order valence-corrected chi connectivity index (χ4v) is 2.83. The third kappa shape index (κ3) is 4.43. The molecule has 0 unspecified atom stereocenters. The Labute approximate surface area is 132 Å². The van der Waals surface area contributed by atoms with Gasteiger partial charge in [0.05, 0.1) is 5.56 Å². The van der Waals surface area contributed by atoms with Crippen LogP contribution < -0.4 is 5.32 Å². The van der Waals surface area contributed by atoms with E-state index >= 15 is 0 Å². The predicted molar refractivity (Wildman–Crippen MR) is 78.6 cm³/mol. The molecule has 0 aromatic heterocycles. The van der Waals surface area contributed by atoms with Crippen molar-refractivity contribution in [2.75, 3.05) is 26.7 Å². The summed E-state index contributed by atoms with van der Waals surface area (Å²) in [6.45, 7) is 1.95. The molecule has 0 aliphatic carbocycles. The van der Waals surface area contributed by atoms with E-state index in [0.29, 0.717) is 31.1 Å². The Morgan fingerprint density at radius 3 is 2.52 bits per heavy atom. The van der Waals surface area contributed by atoms with Crippen molar-refractivity contribution >= 4 is 5.91 Å². The van der Waals surface area contributed by atoms with Crippen LogP contribution >= 0.6 is 0 Å². The van der Waals surface area contributed by atoms with Crippen molar-refractivity contribution in [2.24, 2.45) is 5.92 Å². The summed E-state index contributed by atoms with van der Waals surface area (Å²) in [5, 5.41) is 3.08. The van der Waals surface area contributed by atoms with Gasteiger partial charge in [0.2, 0.25) is 0 Å². The lowest BCUT2D eigenvalue weighted by Crippen LogP contribution is -2.39. The second-order valence-corrected chi connectivity index (χ2v) is 5.82. The lowest BCUT2D eigenvalue weighted by molar-refractivity contribution is -0.140. The number of benzene rings is 1. The summed E-state index contributed by atoms with van der Waals surface area (Å²) >= 11 is 0. The van der Waals surface area contributed by atoms with Gasteiger partial charge in [-0.1, -0.05) is 0 Å². The molecule has 1 aromatic carbocycles. The maximum absolute atomic E-state index is 13.3. The van der Waals surface area contributed by atoms with Gasteiger partial charge in [-0.05, 0) is 57.0 Å². The number of carbonyl (C=O) groups excluding carboxylic acids is 1. The largest absolute Gasteiger partial charge is 0.419 e. The quantitative estimate of drug-likeness (QED) is 0.858. The minimum atomic E-state index is -4.81. The molecule has 1 saturated heterocycles. The molecule has 2 rings (SSSR count). The van der Waals surface area contributed by atoms with Crippen LogP contribution in [0.1, 0.15) is 35.2 Å². The molecule has 0 bridgehead atoms. The summed E-state index contributed by atoms with van der Waals surface area (Å²) in [7, 11) is 1.88. The van der Waals surface area contributed by atoms with Crippen molar-refractivity contribution in [1.82, 2.24) is 10.2 Å². The van der Waals surface area contributed by atoms with E-state index in [1.165, 1.54) is 0 Å². The number of hydrogen-bond acceptors (Lipinski definition) is 2. The molecular weight excluding hydrogens is 312 g/mol. The van der Waals surface area contributed by atoms with E-state index in [1.54, 1.807) is 4.90 Å². The molecule has 7 heteroatoms. The first-order valence-electron chi connectivity index (χ1n) is 7.63. The number of likely N-dealkylation sites (tertiary alicyclic amines) is 1. The minimum absolute atomic E-state index is 0.118. The first kappa shape index (κ1) is 17.7. The van der Waals surface area contributed by atoms with Crippen LogP contribution in [0.4, 0.5) is 17.6 Å². The highest BCUT2D eigenvalue weighted by Crippen LogP contribution is 2.32. The van der Waals surface area contributed by atoms with Gasteiger partial charge in [-0.2, -0.15) is 13.2 Å². The molecule has 0 radical (unpaired) electrons. The van der Waals surface area contributed by atoms with Crippen LogP contribution in [0.3, 0.4) is 0 Å². The van der Waals surface area contributed by atoms with Crippen LogP contribution in [0.2, 0.25) is 0 Å². The van der Waals surface area contributed by atoms with Gasteiger partial charge < -0.3 is 10.2 Å². The maximum atomic E-state index is 13.3. The standard InChI is InChI=1S/C16H20F4N2O/c1-21-7-4-11-5-8-22(9-6-11)15(23)12-2-3-14(17)13(10-12)16(18,19)20/h2-3,10-11,21H,4-9H2,1H3. The number of alkyl halides is 3. The zero-order valence-electron chi connectivity index (χ0n) is 12.9. The van der Waals surface area contributed by atoms with Gasteiger partial charge in [0.1, 0.15) is 5.82 Å². The Morgan fingerprint density at radius 2 is 1.96 bits per heavy atom. The molecule has 1 aliphatic rings. The summed E-state index contributed by atoms with van der Waals surface area (Å²) < 4.78 is 51.5. The number of piperidine rings is 1. The molecule has 1 amide bonds. The Bertz CT molecular complexity index is 552. The van der Waals surface area contributed by atoms with Crippen molar-refractivity contribution in [3.8, 4) is 0 Å². The normalized spacial score (nSPS) is 16.7. The average molecular weight is 332 g/mol. The number of amides is 1. The van der Waals surface area contributed by atoms with Crippen molar-refractivity contribution in [3.05, 3.63) is 35.1 Å². The third-order valence-electron chi connectivity index (χ3n) is 4.22. The number of halogens is 4. The van der Waals surface area contributed by atoms with E-state index in [4.69, 9.17) is 0 Å².